The predicted octanol–water partition coefficient (Wildman–Crippen LogP) is 1.49. The molecule has 0 aliphatic carbocycles. The number of carbonyl (C=O) groups is 2. The zero-order valence-electron chi connectivity index (χ0n) is 12.3. The van der Waals surface area contributed by atoms with Crippen LogP contribution in [0.4, 0.5) is 0 Å². The third kappa shape index (κ3) is 4.56. The number of carboxylic acids is 1. The van der Waals surface area contributed by atoms with Crippen molar-refractivity contribution in [1.82, 2.24) is 10.2 Å². The maximum Gasteiger partial charge on any atom is 0.320 e. The zero-order valence-corrected chi connectivity index (χ0v) is 12.3. The number of benzene rings is 1. The molecular weight excluding hydrogens is 268 g/mol. The van der Waals surface area contributed by atoms with E-state index in [4.69, 9.17) is 0 Å². The van der Waals surface area contributed by atoms with Crippen molar-refractivity contribution in [2.75, 3.05) is 13.1 Å². The van der Waals surface area contributed by atoms with Gasteiger partial charge in [-0.15, -0.1) is 0 Å². The highest BCUT2D eigenvalue weighted by atomic mass is 16.4. The molecule has 1 amide bonds. The number of likely N-dealkylation sites (tertiary alicyclic amines) is 1. The summed E-state index contributed by atoms with van der Waals surface area (Å²) >= 11 is 0. The average molecular weight is 290 g/mol. The molecule has 2 unspecified atom stereocenters. The van der Waals surface area contributed by atoms with Crippen LogP contribution in [0.15, 0.2) is 30.3 Å². The lowest BCUT2D eigenvalue weighted by atomic mass is 9.92. The van der Waals surface area contributed by atoms with Gasteiger partial charge >= 0.3 is 5.97 Å². The largest absolute Gasteiger partial charge is 0.480 e. The van der Waals surface area contributed by atoms with Crippen molar-refractivity contribution in [2.45, 2.75) is 32.4 Å². The fourth-order valence-electron chi connectivity index (χ4n) is 2.67. The fourth-order valence-corrected chi connectivity index (χ4v) is 2.67. The Labute approximate surface area is 125 Å². The third-order valence-electron chi connectivity index (χ3n) is 3.94. The third-order valence-corrected chi connectivity index (χ3v) is 3.94. The zero-order chi connectivity index (χ0) is 15.2. The molecule has 1 aromatic carbocycles. The SMILES string of the molecule is CC1CCN(CC(=O)NCc2ccccc2)C(C(=O)O)C1. The van der Waals surface area contributed by atoms with Crippen LogP contribution in [-0.2, 0) is 16.1 Å². The van der Waals surface area contributed by atoms with Gasteiger partial charge in [0.05, 0.1) is 6.54 Å². The van der Waals surface area contributed by atoms with Crippen molar-refractivity contribution < 1.29 is 14.7 Å². The number of piperidine rings is 1. The van der Waals surface area contributed by atoms with E-state index in [-0.39, 0.29) is 12.5 Å². The average Bonchev–Trinajstić information content (AvgIpc) is 2.48. The van der Waals surface area contributed by atoms with Crippen LogP contribution >= 0.6 is 0 Å². The first-order valence-corrected chi connectivity index (χ1v) is 7.33. The summed E-state index contributed by atoms with van der Waals surface area (Å²) in [4.78, 5) is 25.1. The van der Waals surface area contributed by atoms with Gasteiger partial charge in [-0.1, -0.05) is 37.3 Å². The molecule has 2 N–H and O–H groups in total. The standard InChI is InChI=1S/C16H22N2O3/c1-12-7-8-18(14(9-12)16(20)21)11-15(19)17-10-13-5-3-2-4-6-13/h2-6,12,14H,7-11H2,1H3,(H,17,19)(H,20,21). The van der Waals surface area contributed by atoms with Crippen LogP contribution in [0.5, 0.6) is 0 Å². The molecule has 2 atom stereocenters. The molecule has 1 fully saturated rings. The molecule has 2 rings (SSSR count). The molecular formula is C16H22N2O3. The van der Waals surface area contributed by atoms with Crippen molar-refractivity contribution in [3.63, 3.8) is 0 Å². The Morgan fingerprint density at radius 1 is 1.33 bits per heavy atom. The summed E-state index contributed by atoms with van der Waals surface area (Å²) in [6, 6.07) is 9.13. The van der Waals surface area contributed by atoms with Gasteiger partial charge in [0.25, 0.3) is 0 Å². The van der Waals surface area contributed by atoms with Gasteiger partial charge in [-0.25, -0.2) is 0 Å². The van der Waals surface area contributed by atoms with Gasteiger partial charge in [-0.05, 0) is 30.9 Å². The highest BCUT2D eigenvalue weighted by molar-refractivity contribution is 5.80. The summed E-state index contributed by atoms with van der Waals surface area (Å²) < 4.78 is 0. The van der Waals surface area contributed by atoms with E-state index in [2.05, 4.69) is 12.2 Å². The van der Waals surface area contributed by atoms with E-state index in [0.717, 1.165) is 12.0 Å². The second-order valence-corrected chi connectivity index (χ2v) is 5.72. The van der Waals surface area contributed by atoms with Gasteiger partial charge in [-0.2, -0.15) is 0 Å². The number of rotatable bonds is 5. The Bertz CT molecular complexity index is 490. The lowest BCUT2D eigenvalue weighted by molar-refractivity contribution is -0.146. The normalized spacial score (nSPS) is 22.7. The van der Waals surface area contributed by atoms with Crippen LogP contribution in [-0.4, -0.2) is 41.0 Å². The molecule has 1 aromatic rings. The maximum atomic E-state index is 12.0. The van der Waals surface area contributed by atoms with Crippen molar-refractivity contribution in [2.24, 2.45) is 5.92 Å². The maximum absolute atomic E-state index is 12.0. The highest BCUT2D eigenvalue weighted by Crippen LogP contribution is 2.22. The summed E-state index contributed by atoms with van der Waals surface area (Å²) in [5.74, 6) is -0.563. The fraction of sp³-hybridized carbons (Fsp3) is 0.500. The minimum Gasteiger partial charge on any atom is -0.480 e. The van der Waals surface area contributed by atoms with Gasteiger partial charge in [0.2, 0.25) is 5.91 Å². The van der Waals surface area contributed by atoms with Gasteiger partial charge < -0.3 is 10.4 Å². The first-order valence-electron chi connectivity index (χ1n) is 7.33. The monoisotopic (exact) mass is 290 g/mol. The van der Waals surface area contributed by atoms with Crippen LogP contribution in [0.2, 0.25) is 0 Å². The van der Waals surface area contributed by atoms with E-state index in [1.54, 1.807) is 4.90 Å². The van der Waals surface area contributed by atoms with E-state index < -0.39 is 12.0 Å². The van der Waals surface area contributed by atoms with E-state index in [0.29, 0.717) is 25.4 Å². The van der Waals surface area contributed by atoms with E-state index in [1.165, 1.54) is 0 Å². The Balaban J connectivity index is 1.85. The number of carboxylic acid groups (broad SMARTS) is 1. The van der Waals surface area contributed by atoms with Crippen LogP contribution in [0, 0.1) is 5.92 Å². The smallest absolute Gasteiger partial charge is 0.320 e. The quantitative estimate of drug-likeness (QED) is 0.862. The van der Waals surface area contributed by atoms with Crippen LogP contribution in [0.1, 0.15) is 25.3 Å². The van der Waals surface area contributed by atoms with Gasteiger partial charge in [0, 0.05) is 6.54 Å². The van der Waals surface area contributed by atoms with Crippen molar-refractivity contribution >= 4 is 11.9 Å². The molecule has 5 nitrogen and oxygen atoms in total. The number of nitrogens with zero attached hydrogens (tertiary/aromatic N) is 1. The van der Waals surface area contributed by atoms with Gasteiger partial charge in [-0.3, -0.25) is 14.5 Å². The Hall–Kier alpha value is -1.88. The van der Waals surface area contributed by atoms with E-state index in [1.807, 2.05) is 30.3 Å². The topological polar surface area (TPSA) is 69.6 Å². The Morgan fingerprint density at radius 2 is 2.05 bits per heavy atom. The van der Waals surface area contributed by atoms with Crippen LogP contribution in [0.25, 0.3) is 0 Å². The van der Waals surface area contributed by atoms with Crippen LogP contribution in [0.3, 0.4) is 0 Å². The molecule has 0 radical (unpaired) electrons. The molecule has 114 valence electrons. The molecule has 1 saturated heterocycles. The summed E-state index contributed by atoms with van der Waals surface area (Å²) in [6.07, 6.45) is 1.55. The second kappa shape index (κ2) is 7.22. The molecule has 1 heterocycles. The number of aliphatic carboxylic acids is 1. The first kappa shape index (κ1) is 15.5. The summed E-state index contributed by atoms with van der Waals surface area (Å²) in [5, 5.41) is 12.1. The molecule has 1 aliphatic heterocycles. The number of carbonyl (C=O) groups excluding carboxylic acids is 1. The molecule has 0 aromatic heterocycles. The number of amides is 1. The number of nitrogens with one attached hydrogen (secondary N) is 1. The van der Waals surface area contributed by atoms with Crippen molar-refractivity contribution in [3.8, 4) is 0 Å². The molecule has 0 spiro atoms. The molecule has 21 heavy (non-hydrogen) atoms. The molecule has 0 saturated carbocycles. The lowest BCUT2D eigenvalue weighted by Gasteiger charge is -2.35. The highest BCUT2D eigenvalue weighted by Gasteiger charge is 2.32. The minimum absolute atomic E-state index is 0.125. The Morgan fingerprint density at radius 3 is 2.71 bits per heavy atom. The molecule has 1 aliphatic rings. The van der Waals surface area contributed by atoms with E-state index >= 15 is 0 Å². The number of hydrogen-bond donors (Lipinski definition) is 2. The predicted molar refractivity (Wildman–Crippen MR) is 79.7 cm³/mol. The summed E-state index contributed by atoms with van der Waals surface area (Å²) in [6.45, 7) is 3.35. The van der Waals surface area contributed by atoms with Crippen molar-refractivity contribution in [3.05, 3.63) is 35.9 Å². The summed E-state index contributed by atoms with van der Waals surface area (Å²) in [7, 11) is 0. The summed E-state index contributed by atoms with van der Waals surface area (Å²) in [5.41, 5.74) is 1.04. The number of hydrogen-bond acceptors (Lipinski definition) is 3. The second-order valence-electron chi connectivity index (χ2n) is 5.72. The van der Waals surface area contributed by atoms with Gasteiger partial charge in [0.15, 0.2) is 0 Å². The van der Waals surface area contributed by atoms with Crippen LogP contribution < -0.4 is 5.32 Å². The first-order chi connectivity index (χ1) is 10.1. The van der Waals surface area contributed by atoms with Crippen molar-refractivity contribution in [1.29, 1.82) is 0 Å². The molecule has 5 heteroatoms. The van der Waals surface area contributed by atoms with Gasteiger partial charge in [0.1, 0.15) is 6.04 Å². The lowest BCUT2D eigenvalue weighted by Crippen LogP contribution is -2.50. The Kier molecular flexibility index (Phi) is 5.33. The van der Waals surface area contributed by atoms with E-state index in [9.17, 15) is 14.7 Å². The molecule has 0 bridgehead atoms. The minimum atomic E-state index is -0.836.